The fraction of sp³-hybridized carbons (Fsp3) is 0.250. The minimum absolute atomic E-state index is 0.132. The number of amides is 1. The van der Waals surface area contributed by atoms with Crippen molar-refractivity contribution in [2.75, 3.05) is 13.2 Å². The van der Waals surface area contributed by atoms with Gasteiger partial charge in [-0.2, -0.15) is 0 Å². The lowest BCUT2D eigenvalue weighted by molar-refractivity contribution is -0.122. The van der Waals surface area contributed by atoms with Crippen molar-refractivity contribution in [3.8, 4) is 18.1 Å². The van der Waals surface area contributed by atoms with Crippen LogP contribution in [0.5, 0.6) is 5.75 Å². The van der Waals surface area contributed by atoms with Crippen LogP contribution in [-0.2, 0) is 4.79 Å². The number of terminal acetylenes is 1. The second-order valence-electron chi connectivity index (χ2n) is 3.18. The predicted octanol–water partition coefficient (Wildman–Crippen LogP) is 1.26. The van der Waals surface area contributed by atoms with Crippen molar-refractivity contribution in [2.45, 2.75) is 6.92 Å². The van der Waals surface area contributed by atoms with E-state index in [1.165, 1.54) is 18.2 Å². The molecule has 4 heteroatoms. The molecule has 0 saturated heterocycles. The quantitative estimate of drug-likeness (QED) is 0.777. The molecule has 3 nitrogen and oxygen atoms in total. The molecule has 1 aromatic carbocycles. The summed E-state index contributed by atoms with van der Waals surface area (Å²) in [5.74, 6) is 2.12. The average Bonchev–Trinajstić information content (AvgIpc) is 2.28. The van der Waals surface area contributed by atoms with E-state index in [-0.39, 0.29) is 24.9 Å². The number of aryl methyl sites for hydroxylation is 1. The highest BCUT2D eigenvalue weighted by Gasteiger charge is 2.03. The highest BCUT2D eigenvalue weighted by molar-refractivity contribution is 5.77. The zero-order valence-corrected chi connectivity index (χ0v) is 8.92. The van der Waals surface area contributed by atoms with E-state index in [4.69, 9.17) is 11.2 Å². The monoisotopic (exact) mass is 221 g/mol. The van der Waals surface area contributed by atoms with Crippen molar-refractivity contribution >= 4 is 5.91 Å². The number of hydrogen-bond acceptors (Lipinski definition) is 2. The van der Waals surface area contributed by atoms with Crippen LogP contribution in [0, 0.1) is 25.1 Å². The largest absolute Gasteiger partial charge is 0.484 e. The molecule has 0 fully saturated rings. The van der Waals surface area contributed by atoms with Crippen molar-refractivity contribution in [1.29, 1.82) is 0 Å². The third-order valence-corrected chi connectivity index (χ3v) is 1.89. The van der Waals surface area contributed by atoms with E-state index in [0.717, 1.165) is 0 Å². The Balaban J connectivity index is 2.46. The normalized spacial score (nSPS) is 9.31. The zero-order valence-electron chi connectivity index (χ0n) is 8.92. The first-order chi connectivity index (χ1) is 7.63. The standard InChI is InChI=1S/C12H12FNO2/c1-3-6-14-12(15)8-16-10-4-5-11(13)9(2)7-10/h1,4-5,7H,6,8H2,2H3,(H,14,15). The number of benzene rings is 1. The maximum Gasteiger partial charge on any atom is 0.258 e. The summed E-state index contributed by atoms with van der Waals surface area (Å²) in [5.41, 5.74) is 0.474. The predicted molar refractivity (Wildman–Crippen MR) is 58.5 cm³/mol. The van der Waals surface area contributed by atoms with E-state index in [0.29, 0.717) is 11.3 Å². The number of hydrogen-bond donors (Lipinski definition) is 1. The molecule has 0 radical (unpaired) electrons. The van der Waals surface area contributed by atoms with Crippen LogP contribution in [0.1, 0.15) is 5.56 Å². The summed E-state index contributed by atoms with van der Waals surface area (Å²) >= 11 is 0. The topological polar surface area (TPSA) is 38.3 Å². The van der Waals surface area contributed by atoms with Crippen molar-refractivity contribution in [3.05, 3.63) is 29.6 Å². The molecule has 0 aliphatic carbocycles. The van der Waals surface area contributed by atoms with Crippen LogP contribution in [-0.4, -0.2) is 19.1 Å². The summed E-state index contributed by atoms with van der Waals surface area (Å²) < 4.78 is 18.1. The second-order valence-corrected chi connectivity index (χ2v) is 3.18. The van der Waals surface area contributed by atoms with Gasteiger partial charge in [-0.25, -0.2) is 4.39 Å². The summed E-state index contributed by atoms with van der Waals surface area (Å²) in [5, 5.41) is 2.45. The molecule has 0 bridgehead atoms. The van der Waals surface area contributed by atoms with E-state index in [9.17, 15) is 9.18 Å². The second kappa shape index (κ2) is 5.76. The number of ether oxygens (including phenoxy) is 1. The van der Waals surface area contributed by atoms with Crippen LogP contribution < -0.4 is 10.1 Å². The molecule has 1 aromatic rings. The Morgan fingerprint density at radius 3 is 3.00 bits per heavy atom. The van der Waals surface area contributed by atoms with Gasteiger partial charge in [-0.1, -0.05) is 5.92 Å². The Hall–Kier alpha value is -2.02. The maximum atomic E-state index is 12.9. The summed E-state index contributed by atoms with van der Waals surface area (Å²) in [6.45, 7) is 1.66. The summed E-state index contributed by atoms with van der Waals surface area (Å²) in [7, 11) is 0. The lowest BCUT2D eigenvalue weighted by atomic mass is 10.2. The van der Waals surface area contributed by atoms with E-state index in [1.807, 2.05) is 0 Å². The van der Waals surface area contributed by atoms with Crippen LogP contribution >= 0.6 is 0 Å². The van der Waals surface area contributed by atoms with Gasteiger partial charge < -0.3 is 10.1 Å². The SMILES string of the molecule is C#CCNC(=O)COc1ccc(F)c(C)c1. The van der Waals surface area contributed by atoms with E-state index in [1.54, 1.807) is 6.92 Å². The fourth-order valence-electron chi connectivity index (χ4n) is 1.06. The van der Waals surface area contributed by atoms with E-state index < -0.39 is 0 Å². The molecule has 1 amide bonds. The highest BCUT2D eigenvalue weighted by atomic mass is 19.1. The zero-order chi connectivity index (χ0) is 12.0. The van der Waals surface area contributed by atoms with Crippen LogP contribution in [0.15, 0.2) is 18.2 Å². The van der Waals surface area contributed by atoms with Crippen molar-refractivity contribution in [2.24, 2.45) is 0 Å². The first kappa shape index (κ1) is 12.1. The molecule has 0 aliphatic rings. The van der Waals surface area contributed by atoms with Crippen LogP contribution in [0.3, 0.4) is 0 Å². The van der Waals surface area contributed by atoms with E-state index >= 15 is 0 Å². The fourth-order valence-corrected chi connectivity index (χ4v) is 1.06. The Labute approximate surface area is 93.6 Å². The van der Waals surface area contributed by atoms with Gasteiger partial charge in [0.15, 0.2) is 6.61 Å². The molecule has 0 atom stereocenters. The maximum absolute atomic E-state index is 12.9. The van der Waals surface area contributed by atoms with Gasteiger partial charge in [0.05, 0.1) is 6.54 Å². The minimum atomic E-state index is -0.306. The molecule has 0 heterocycles. The smallest absolute Gasteiger partial charge is 0.258 e. The Morgan fingerprint density at radius 1 is 1.62 bits per heavy atom. The van der Waals surface area contributed by atoms with Gasteiger partial charge in [-0.15, -0.1) is 6.42 Å². The van der Waals surface area contributed by atoms with Gasteiger partial charge in [0.2, 0.25) is 0 Å². The van der Waals surface area contributed by atoms with Crippen molar-refractivity contribution < 1.29 is 13.9 Å². The molecular weight excluding hydrogens is 209 g/mol. The summed E-state index contributed by atoms with van der Waals surface area (Å²) in [6, 6.07) is 4.30. The molecule has 1 N–H and O–H groups in total. The number of nitrogens with one attached hydrogen (secondary N) is 1. The van der Waals surface area contributed by atoms with Crippen molar-refractivity contribution in [3.63, 3.8) is 0 Å². The number of halogens is 1. The van der Waals surface area contributed by atoms with Gasteiger partial charge in [0.25, 0.3) is 5.91 Å². The number of carbonyl (C=O) groups excluding carboxylic acids is 1. The minimum Gasteiger partial charge on any atom is -0.484 e. The Bertz CT molecular complexity index is 424. The van der Waals surface area contributed by atoms with E-state index in [2.05, 4.69) is 11.2 Å². The lowest BCUT2D eigenvalue weighted by Crippen LogP contribution is -2.29. The molecule has 0 spiro atoms. The molecule has 0 aliphatic heterocycles. The molecular formula is C12H12FNO2. The van der Waals surface area contributed by atoms with Gasteiger partial charge in [0, 0.05) is 0 Å². The molecule has 1 rings (SSSR count). The number of rotatable bonds is 4. The van der Waals surface area contributed by atoms with Crippen LogP contribution in [0.2, 0.25) is 0 Å². The summed E-state index contributed by atoms with van der Waals surface area (Å²) in [6.07, 6.45) is 4.97. The van der Waals surface area contributed by atoms with Gasteiger partial charge >= 0.3 is 0 Å². The number of carbonyl (C=O) groups is 1. The molecule has 0 saturated carbocycles. The Kier molecular flexibility index (Phi) is 4.34. The molecule has 0 unspecified atom stereocenters. The van der Waals surface area contributed by atoms with Crippen molar-refractivity contribution in [1.82, 2.24) is 5.32 Å². The van der Waals surface area contributed by atoms with Crippen LogP contribution in [0.4, 0.5) is 4.39 Å². The molecule has 16 heavy (non-hydrogen) atoms. The first-order valence-corrected chi connectivity index (χ1v) is 4.72. The third kappa shape index (κ3) is 3.62. The first-order valence-electron chi connectivity index (χ1n) is 4.72. The molecule has 84 valence electrons. The third-order valence-electron chi connectivity index (χ3n) is 1.89. The average molecular weight is 221 g/mol. The molecule has 0 aromatic heterocycles. The highest BCUT2D eigenvalue weighted by Crippen LogP contribution is 2.15. The lowest BCUT2D eigenvalue weighted by Gasteiger charge is -2.06. The summed E-state index contributed by atoms with van der Waals surface area (Å²) in [4.78, 5) is 11.1. The van der Waals surface area contributed by atoms with Gasteiger partial charge in [-0.3, -0.25) is 4.79 Å². The van der Waals surface area contributed by atoms with Gasteiger partial charge in [0.1, 0.15) is 11.6 Å². The van der Waals surface area contributed by atoms with Crippen LogP contribution in [0.25, 0.3) is 0 Å². The Morgan fingerprint density at radius 2 is 2.38 bits per heavy atom. The van der Waals surface area contributed by atoms with Gasteiger partial charge in [-0.05, 0) is 30.7 Å².